The molecule has 0 saturated heterocycles. The summed E-state index contributed by atoms with van der Waals surface area (Å²) in [7, 11) is 0. The van der Waals surface area contributed by atoms with Crippen molar-refractivity contribution in [2.24, 2.45) is 5.84 Å². The van der Waals surface area contributed by atoms with Gasteiger partial charge in [-0.15, -0.1) is 11.3 Å². The second-order valence-corrected chi connectivity index (χ2v) is 6.50. The first kappa shape index (κ1) is 13.5. The Morgan fingerprint density at radius 2 is 2.10 bits per heavy atom. The van der Waals surface area contributed by atoms with E-state index in [9.17, 15) is 0 Å². The van der Waals surface area contributed by atoms with Crippen LogP contribution in [-0.2, 0) is 0 Å². The number of fused-ring (bicyclic) bond motifs is 1. The number of hydrogen-bond acceptors (Lipinski definition) is 6. The van der Waals surface area contributed by atoms with Crippen LogP contribution in [-0.4, -0.2) is 9.97 Å². The van der Waals surface area contributed by atoms with Crippen LogP contribution in [0.5, 0.6) is 11.6 Å². The molecule has 20 heavy (non-hydrogen) atoms. The fourth-order valence-corrected chi connectivity index (χ4v) is 3.16. The van der Waals surface area contributed by atoms with Crippen molar-refractivity contribution in [3.05, 3.63) is 38.8 Å². The molecule has 0 aliphatic rings. The third-order valence-corrected chi connectivity index (χ3v) is 4.49. The van der Waals surface area contributed by atoms with Crippen LogP contribution >= 0.6 is 33.9 Å². The molecule has 0 saturated carbocycles. The molecule has 0 aliphatic heterocycles. The number of halogens is 1. The van der Waals surface area contributed by atoms with Crippen molar-refractivity contribution in [2.75, 3.05) is 5.43 Å². The monoisotopic (exact) mass is 398 g/mol. The SMILES string of the molecule is Cc1cc2c(Oc3ccccc3I)nc(NN)nc2s1. The Morgan fingerprint density at radius 3 is 2.85 bits per heavy atom. The Balaban J connectivity index is 2.12. The first-order valence-corrected chi connectivity index (χ1v) is 7.74. The number of anilines is 1. The minimum atomic E-state index is 0.347. The second-order valence-electron chi connectivity index (χ2n) is 4.11. The van der Waals surface area contributed by atoms with E-state index in [1.54, 1.807) is 11.3 Å². The van der Waals surface area contributed by atoms with Gasteiger partial charge < -0.3 is 4.74 Å². The topological polar surface area (TPSA) is 73.1 Å². The molecule has 0 aliphatic carbocycles. The van der Waals surface area contributed by atoms with Gasteiger partial charge in [0.25, 0.3) is 0 Å². The van der Waals surface area contributed by atoms with E-state index in [2.05, 4.69) is 38.0 Å². The van der Waals surface area contributed by atoms with E-state index in [0.717, 1.165) is 24.4 Å². The molecular formula is C13H11IN4OS. The lowest BCUT2D eigenvalue weighted by Gasteiger charge is -2.08. The molecule has 102 valence electrons. The highest BCUT2D eigenvalue weighted by Gasteiger charge is 2.13. The number of hydrazine groups is 1. The summed E-state index contributed by atoms with van der Waals surface area (Å²) in [6.07, 6.45) is 0. The first-order valence-electron chi connectivity index (χ1n) is 5.84. The summed E-state index contributed by atoms with van der Waals surface area (Å²) in [6.45, 7) is 2.03. The number of aryl methyl sites for hydroxylation is 1. The number of aromatic nitrogens is 2. The zero-order valence-corrected chi connectivity index (χ0v) is 13.5. The third kappa shape index (κ3) is 2.56. The Labute approximate surface area is 133 Å². The highest BCUT2D eigenvalue weighted by atomic mass is 127. The first-order chi connectivity index (χ1) is 9.67. The van der Waals surface area contributed by atoms with Gasteiger partial charge in [-0.1, -0.05) is 12.1 Å². The van der Waals surface area contributed by atoms with Gasteiger partial charge in [-0.25, -0.2) is 10.8 Å². The summed E-state index contributed by atoms with van der Waals surface area (Å²) < 4.78 is 6.95. The molecule has 3 aromatic rings. The van der Waals surface area contributed by atoms with Crippen LogP contribution in [0.1, 0.15) is 4.88 Å². The maximum atomic E-state index is 5.93. The summed E-state index contributed by atoms with van der Waals surface area (Å²) in [6, 6.07) is 9.80. The average molecular weight is 398 g/mol. The van der Waals surface area contributed by atoms with E-state index < -0.39 is 0 Å². The van der Waals surface area contributed by atoms with Crippen LogP contribution in [0.4, 0.5) is 5.95 Å². The standard InChI is InChI=1S/C13H11IN4OS/c1-7-6-8-11(16-13(18-15)17-12(8)20-7)19-10-5-3-2-4-9(10)14/h2-6H,15H2,1H3,(H,16,17,18). The van der Waals surface area contributed by atoms with Crippen molar-refractivity contribution in [3.8, 4) is 11.6 Å². The molecule has 5 nitrogen and oxygen atoms in total. The third-order valence-electron chi connectivity index (χ3n) is 2.65. The van der Waals surface area contributed by atoms with E-state index in [1.165, 1.54) is 0 Å². The number of hydrogen-bond donors (Lipinski definition) is 2. The molecule has 0 amide bonds. The quantitative estimate of drug-likeness (QED) is 0.400. The predicted octanol–water partition coefficient (Wildman–Crippen LogP) is 3.68. The Hall–Kier alpha value is -1.45. The van der Waals surface area contributed by atoms with E-state index in [1.807, 2.05) is 37.3 Å². The number of nitrogens with one attached hydrogen (secondary N) is 1. The number of ether oxygens (including phenoxy) is 1. The van der Waals surface area contributed by atoms with Gasteiger partial charge in [0.2, 0.25) is 11.8 Å². The molecule has 0 radical (unpaired) electrons. The van der Waals surface area contributed by atoms with Crippen molar-refractivity contribution in [3.63, 3.8) is 0 Å². The number of thiophene rings is 1. The van der Waals surface area contributed by atoms with Gasteiger partial charge in [-0.3, -0.25) is 5.43 Å². The fourth-order valence-electron chi connectivity index (χ4n) is 1.79. The number of para-hydroxylation sites is 1. The molecule has 2 aromatic heterocycles. The molecule has 0 unspecified atom stereocenters. The van der Waals surface area contributed by atoms with Gasteiger partial charge in [0, 0.05) is 4.88 Å². The number of nitrogen functional groups attached to an aromatic ring is 1. The van der Waals surface area contributed by atoms with Gasteiger partial charge in [0.05, 0.1) is 8.96 Å². The van der Waals surface area contributed by atoms with Gasteiger partial charge >= 0.3 is 0 Å². The van der Waals surface area contributed by atoms with Gasteiger partial charge in [-0.2, -0.15) is 4.98 Å². The Kier molecular flexibility index (Phi) is 3.72. The van der Waals surface area contributed by atoms with E-state index >= 15 is 0 Å². The van der Waals surface area contributed by atoms with E-state index in [0.29, 0.717) is 11.8 Å². The zero-order valence-electron chi connectivity index (χ0n) is 10.6. The van der Waals surface area contributed by atoms with Crippen LogP contribution in [0, 0.1) is 10.5 Å². The summed E-state index contributed by atoms with van der Waals surface area (Å²) in [5, 5.41) is 0.895. The molecule has 2 heterocycles. The number of nitrogens with zero attached hydrogens (tertiary/aromatic N) is 2. The van der Waals surface area contributed by atoms with Crippen LogP contribution in [0.25, 0.3) is 10.2 Å². The molecule has 0 spiro atoms. The molecule has 0 atom stereocenters. The molecule has 0 fully saturated rings. The predicted molar refractivity (Wildman–Crippen MR) is 89.2 cm³/mol. The molecule has 1 aromatic carbocycles. The van der Waals surface area contributed by atoms with Gasteiger partial charge in [0.1, 0.15) is 10.6 Å². The molecule has 0 bridgehead atoms. The fraction of sp³-hybridized carbons (Fsp3) is 0.0769. The molecule has 3 N–H and O–H groups in total. The average Bonchev–Trinajstić information content (AvgIpc) is 2.81. The Bertz CT molecular complexity index is 774. The maximum Gasteiger partial charge on any atom is 0.241 e. The molecule has 3 rings (SSSR count). The number of rotatable bonds is 3. The van der Waals surface area contributed by atoms with Crippen molar-refractivity contribution in [1.82, 2.24) is 9.97 Å². The lowest BCUT2D eigenvalue weighted by molar-refractivity contribution is 0.466. The number of benzene rings is 1. The minimum Gasteiger partial charge on any atom is -0.437 e. The van der Waals surface area contributed by atoms with E-state index in [-0.39, 0.29) is 0 Å². The molecular weight excluding hydrogens is 387 g/mol. The Morgan fingerprint density at radius 1 is 1.30 bits per heavy atom. The zero-order chi connectivity index (χ0) is 14.1. The van der Waals surface area contributed by atoms with Crippen LogP contribution in [0.2, 0.25) is 0 Å². The van der Waals surface area contributed by atoms with Crippen LogP contribution in [0.15, 0.2) is 30.3 Å². The maximum absolute atomic E-state index is 5.93. The van der Waals surface area contributed by atoms with E-state index in [4.69, 9.17) is 10.6 Å². The van der Waals surface area contributed by atoms with Crippen molar-refractivity contribution in [1.29, 1.82) is 0 Å². The highest BCUT2D eigenvalue weighted by molar-refractivity contribution is 14.1. The lowest BCUT2D eigenvalue weighted by atomic mass is 10.3. The second kappa shape index (κ2) is 5.51. The van der Waals surface area contributed by atoms with Crippen molar-refractivity contribution in [2.45, 2.75) is 6.92 Å². The summed E-state index contributed by atoms with van der Waals surface area (Å²) >= 11 is 3.81. The minimum absolute atomic E-state index is 0.347. The van der Waals surface area contributed by atoms with Crippen LogP contribution in [0.3, 0.4) is 0 Å². The smallest absolute Gasteiger partial charge is 0.241 e. The summed E-state index contributed by atoms with van der Waals surface area (Å²) in [5.41, 5.74) is 2.47. The normalized spacial score (nSPS) is 10.8. The largest absolute Gasteiger partial charge is 0.437 e. The molecule has 7 heteroatoms. The highest BCUT2D eigenvalue weighted by Crippen LogP contribution is 2.34. The summed E-state index contributed by atoms with van der Waals surface area (Å²) in [5.74, 6) is 7.03. The summed E-state index contributed by atoms with van der Waals surface area (Å²) in [4.78, 5) is 10.6. The van der Waals surface area contributed by atoms with Crippen LogP contribution < -0.4 is 16.0 Å². The lowest BCUT2D eigenvalue weighted by Crippen LogP contribution is -2.10. The van der Waals surface area contributed by atoms with Gasteiger partial charge in [0.15, 0.2) is 0 Å². The van der Waals surface area contributed by atoms with Crippen molar-refractivity contribution < 1.29 is 4.74 Å². The van der Waals surface area contributed by atoms with Crippen molar-refractivity contribution >= 4 is 50.1 Å². The number of nitrogens with two attached hydrogens (primary N) is 1. The van der Waals surface area contributed by atoms with Gasteiger partial charge in [-0.05, 0) is 47.7 Å².